The molecule has 2 N–H and O–H groups in total. The van der Waals surface area contributed by atoms with Crippen molar-refractivity contribution >= 4 is 11.7 Å². The highest BCUT2D eigenvalue weighted by Gasteiger charge is 2.22. The summed E-state index contributed by atoms with van der Waals surface area (Å²) in [7, 11) is 1.56. The van der Waals surface area contributed by atoms with Crippen LogP contribution >= 0.6 is 0 Å². The largest absolute Gasteiger partial charge is 0.495 e. The fraction of sp³-hybridized carbons (Fsp3) is 0.235. The molecule has 21 heavy (non-hydrogen) atoms. The Hall–Kier alpha value is -2.49. The van der Waals surface area contributed by atoms with Crippen molar-refractivity contribution in [2.75, 3.05) is 12.4 Å². The van der Waals surface area contributed by atoms with Crippen LogP contribution in [0.1, 0.15) is 22.7 Å². The average Bonchev–Trinajstić information content (AvgIpc) is 2.45. The molecule has 1 unspecified atom stereocenters. The molecule has 0 saturated heterocycles. The van der Waals surface area contributed by atoms with Crippen molar-refractivity contribution in [3.8, 4) is 5.75 Å². The summed E-state index contributed by atoms with van der Waals surface area (Å²) < 4.78 is 5.26. The Bertz CT molecular complexity index is 652. The molecule has 2 aromatic carbocycles. The molecule has 110 valence electrons. The van der Waals surface area contributed by atoms with Gasteiger partial charge in [-0.25, -0.2) is 4.79 Å². The molecule has 0 heterocycles. The predicted molar refractivity (Wildman–Crippen MR) is 82.9 cm³/mol. The van der Waals surface area contributed by atoms with Crippen LogP contribution in [0.2, 0.25) is 0 Å². The van der Waals surface area contributed by atoms with E-state index in [2.05, 4.69) is 5.32 Å². The number of rotatable bonds is 5. The van der Waals surface area contributed by atoms with Crippen molar-refractivity contribution in [1.82, 2.24) is 0 Å². The number of hydrogen-bond donors (Lipinski definition) is 2. The summed E-state index contributed by atoms with van der Waals surface area (Å²) in [6, 6.07) is 12.2. The second kappa shape index (κ2) is 6.31. The molecule has 0 radical (unpaired) electrons. The molecule has 0 spiro atoms. The third-order valence-electron chi connectivity index (χ3n) is 3.39. The zero-order valence-electron chi connectivity index (χ0n) is 12.4. The van der Waals surface area contributed by atoms with Gasteiger partial charge >= 0.3 is 5.97 Å². The van der Waals surface area contributed by atoms with E-state index >= 15 is 0 Å². The van der Waals surface area contributed by atoms with Crippen molar-refractivity contribution in [1.29, 1.82) is 0 Å². The highest BCUT2D eigenvalue weighted by molar-refractivity contribution is 5.80. The number of anilines is 1. The van der Waals surface area contributed by atoms with Crippen LogP contribution in [-0.4, -0.2) is 18.2 Å². The molecule has 0 saturated carbocycles. The lowest BCUT2D eigenvalue weighted by atomic mass is 9.99. The third-order valence-corrected chi connectivity index (χ3v) is 3.39. The molecular formula is C17H19NO3. The molecule has 1 atom stereocenters. The van der Waals surface area contributed by atoms with Gasteiger partial charge in [0, 0.05) is 0 Å². The zero-order valence-corrected chi connectivity index (χ0v) is 12.4. The van der Waals surface area contributed by atoms with E-state index < -0.39 is 12.0 Å². The van der Waals surface area contributed by atoms with Gasteiger partial charge in [-0.3, -0.25) is 0 Å². The van der Waals surface area contributed by atoms with Crippen LogP contribution in [0.4, 0.5) is 5.69 Å². The number of aryl methyl sites for hydroxylation is 2. The molecule has 4 heteroatoms. The number of ether oxygens (including phenoxy) is 1. The molecule has 0 fully saturated rings. The van der Waals surface area contributed by atoms with Crippen molar-refractivity contribution in [2.45, 2.75) is 19.9 Å². The first-order chi connectivity index (χ1) is 10.0. The standard InChI is InChI=1S/C17H19NO3/c1-11-8-9-13(12(2)10-11)16(17(19)20)18-14-6-4-5-7-15(14)21-3/h4-10,16,18H,1-3H3,(H,19,20). The number of carboxylic acids is 1. The summed E-state index contributed by atoms with van der Waals surface area (Å²) in [6.45, 7) is 3.91. The van der Waals surface area contributed by atoms with Crippen LogP contribution < -0.4 is 10.1 Å². The number of aliphatic carboxylic acids is 1. The summed E-state index contributed by atoms with van der Waals surface area (Å²) in [5, 5.41) is 12.6. The van der Waals surface area contributed by atoms with Crippen molar-refractivity contribution < 1.29 is 14.6 Å². The number of methoxy groups -OCH3 is 1. The van der Waals surface area contributed by atoms with Crippen molar-refractivity contribution in [2.24, 2.45) is 0 Å². The van der Waals surface area contributed by atoms with Gasteiger partial charge in [-0.15, -0.1) is 0 Å². The zero-order chi connectivity index (χ0) is 15.4. The molecule has 0 bridgehead atoms. The van der Waals surface area contributed by atoms with Gasteiger partial charge in [-0.1, -0.05) is 35.9 Å². The second-order valence-corrected chi connectivity index (χ2v) is 4.98. The third kappa shape index (κ3) is 3.34. The van der Waals surface area contributed by atoms with E-state index in [1.165, 1.54) is 0 Å². The van der Waals surface area contributed by atoms with Gasteiger partial charge in [0.25, 0.3) is 0 Å². The fourth-order valence-electron chi connectivity index (χ4n) is 2.34. The van der Waals surface area contributed by atoms with Crippen molar-refractivity contribution in [3.05, 3.63) is 59.2 Å². The van der Waals surface area contributed by atoms with Crippen LogP contribution in [-0.2, 0) is 4.79 Å². The van der Waals surface area contributed by atoms with Crippen LogP contribution in [0.15, 0.2) is 42.5 Å². The number of hydrogen-bond acceptors (Lipinski definition) is 3. The molecule has 2 rings (SSSR count). The number of benzene rings is 2. The van der Waals surface area contributed by atoms with Crippen LogP contribution in [0, 0.1) is 13.8 Å². The lowest BCUT2D eigenvalue weighted by Gasteiger charge is -2.20. The number of nitrogens with one attached hydrogen (secondary N) is 1. The normalized spacial score (nSPS) is 11.8. The molecule has 4 nitrogen and oxygen atoms in total. The second-order valence-electron chi connectivity index (χ2n) is 4.98. The Balaban J connectivity index is 2.38. The first-order valence-corrected chi connectivity index (χ1v) is 6.72. The molecule has 0 aliphatic rings. The maximum Gasteiger partial charge on any atom is 0.330 e. The topological polar surface area (TPSA) is 58.6 Å². The fourth-order valence-corrected chi connectivity index (χ4v) is 2.34. The number of carboxylic acid groups (broad SMARTS) is 1. The Morgan fingerprint density at radius 3 is 2.52 bits per heavy atom. The first kappa shape index (κ1) is 14.9. The van der Waals surface area contributed by atoms with E-state index in [0.29, 0.717) is 11.4 Å². The summed E-state index contributed by atoms with van der Waals surface area (Å²) in [5.74, 6) is -0.304. The minimum Gasteiger partial charge on any atom is -0.495 e. The van der Waals surface area contributed by atoms with Crippen LogP contribution in [0.5, 0.6) is 5.75 Å². The maximum absolute atomic E-state index is 11.6. The van der Waals surface area contributed by atoms with Crippen LogP contribution in [0.3, 0.4) is 0 Å². The van der Waals surface area contributed by atoms with Gasteiger partial charge in [-0.2, -0.15) is 0 Å². The van der Waals surface area contributed by atoms with E-state index in [9.17, 15) is 9.90 Å². The van der Waals surface area contributed by atoms with Crippen LogP contribution in [0.25, 0.3) is 0 Å². The van der Waals surface area contributed by atoms with Gasteiger partial charge < -0.3 is 15.2 Å². The number of para-hydroxylation sites is 2. The van der Waals surface area contributed by atoms with E-state index in [4.69, 9.17) is 4.74 Å². The minimum atomic E-state index is -0.923. The molecule has 0 aromatic heterocycles. The van der Waals surface area contributed by atoms with Gasteiger partial charge in [0.1, 0.15) is 5.75 Å². The highest BCUT2D eigenvalue weighted by Crippen LogP contribution is 2.29. The van der Waals surface area contributed by atoms with Gasteiger partial charge in [0.15, 0.2) is 6.04 Å². The summed E-state index contributed by atoms with van der Waals surface area (Å²) >= 11 is 0. The summed E-state index contributed by atoms with van der Waals surface area (Å²) in [4.78, 5) is 11.6. The minimum absolute atomic E-state index is 0.619. The van der Waals surface area contributed by atoms with Gasteiger partial charge in [0.2, 0.25) is 0 Å². The van der Waals surface area contributed by atoms with Gasteiger partial charge in [0.05, 0.1) is 12.8 Å². The first-order valence-electron chi connectivity index (χ1n) is 6.72. The Morgan fingerprint density at radius 2 is 1.90 bits per heavy atom. The van der Waals surface area contributed by atoms with E-state index in [0.717, 1.165) is 16.7 Å². The lowest BCUT2D eigenvalue weighted by molar-refractivity contribution is -0.138. The average molecular weight is 285 g/mol. The Morgan fingerprint density at radius 1 is 1.19 bits per heavy atom. The lowest BCUT2D eigenvalue weighted by Crippen LogP contribution is -2.21. The molecular weight excluding hydrogens is 266 g/mol. The van der Waals surface area contributed by atoms with Gasteiger partial charge in [-0.05, 0) is 37.1 Å². The molecule has 0 aliphatic carbocycles. The summed E-state index contributed by atoms with van der Waals surface area (Å²) in [5.41, 5.74) is 3.47. The monoisotopic (exact) mass is 285 g/mol. The predicted octanol–water partition coefficient (Wildman–Crippen LogP) is 3.55. The molecule has 0 amide bonds. The molecule has 2 aromatic rings. The smallest absolute Gasteiger partial charge is 0.330 e. The quantitative estimate of drug-likeness (QED) is 0.882. The SMILES string of the molecule is COc1ccccc1NC(C(=O)O)c1ccc(C)cc1C. The van der Waals surface area contributed by atoms with Crippen molar-refractivity contribution in [3.63, 3.8) is 0 Å². The van der Waals surface area contributed by atoms with E-state index in [1.807, 2.05) is 44.2 Å². The highest BCUT2D eigenvalue weighted by atomic mass is 16.5. The number of carbonyl (C=O) groups is 1. The summed E-state index contributed by atoms with van der Waals surface area (Å²) in [6.07, 6.45) is 0. The Labute approximate surface area is 124 Å². The molecule has 0 aliphatic heterocycles. The maximum atomic E-state index is 11.6. The van der Waals surface area contributed by atoms with E-state index in [-0.39, 0.29) is 0 Å². The Kier molecular flexibility index (Phi) is 4.48. The van der Waals surface area contributed by atoms with E-state index in [1.54, 1.807) is 19.2 Å².